The van der Waals surface area contributed by atoms with Gasteiger partial charge in [0.25, 0.3) is 0 Å². The first kappa shape index (κ1) is 12.5. The third-order valence-corrected chi connectivity index (χ3v) is 5.50. The number of hydrogen-bond donors (Lipinski definition) is 1. The number of aromatic nitrogens is 1. The van der Waals surface area contributed by atoms with E-state index in [4.69, 9.17) is 17.2 Å². The van der Waals surface area contributed by atoms with Crippen LogP contribution in [0.1, 0.15) is 36.7 Å². The highest BCUT2D eigenvalue weighted by Gasteiger charge is 2.32. The Kier molecular flexibility index (Phi) is 3.11. The van der Waals surface area contributed by atoms with Crippen molar-refractivity contribution in [2.24, 2.45) is 0 Å². The van der Waals surface area contributed by atoms with Crippen LogP contribution in [0.4, 0.5) is 0 Å². The van der Waals surface area contributed by atoms with Crippen molar-refractivity contribution >= 4 is 38.9 Å². The largest absolute Gasteiger partial charge is 0.360 e. The number of nitrogens with one attached hydrogen (secondary N) is 1. The number of nitrogens with zero attached hydrogens (tertiary/aromatic N) is 2. The maximum atomic E-state index is 5.58. The topological polar surface area (TPSA) is 28.2 Å². The summed E-state index contributed by atoms with van der Waals surface area (Å²) < 4.78 is 1.27. The normalized spacial score (nSPS) is 22.4. The van der Waals surface area contributed by atoms with E-state index in [0.29, 0.717) is 12.1 Å². The van der Waals surface area contributed by atoms with Gasteiger partial charge in [-0.3, -0.25) is 0 Å². The van der Waals surface area contributed by atoms with Crippen LogP contribution < -0.4 is 5.32 Å². The first-order chi connectivity index (χ1) is 9.81. The molecule has 2 fully saturated rings. The van der Waals surface area contributed by atoms with Crippen molar-refractivity contribution in [3.05, 3.63) is 29.3 Å². The molecule has 1 saturated carbocycles. The monoisotopic (exact) mass is 303 g/mol. The van der Waals surface area contributed by atoms with Crippen LogP contribution in [0.25, 0.3) is 10.2 Å². The second-order valence-electron chi connectivity index (χ2n) is 5.60. The molecule has 3 nitrogen and oxygen atoms in total. The third-order valence-electron chi connectivity index (χ3n) is 4.01. The van der Waals surface area contributed by atoms with Crippen molar-refractivity contribution < 1.29 is 0 Å². The number of rotatable bonds is 2. The number of thiocarbonyl (C=S) groups is 1. The van der Waals surface area contributed by atoms with Crippen molar-refractivity contribution in [3.63, 3.8) is 0 Å². The summed E-state index contributed by atoms with van der Waals surface area (Å²) in [4.78, 5) is 7.15. The summed E-state index contributed by atoms with van der Waals surface area (Å²) in [6.07, 6.45) is 4.89. The van der Waals surface area contributed by atoms with Crippen molar-refractivity contribution in [1.29, 1.82) is 0 Å². The molecule has 1 atom stereocenters. The summed E-state index contributed by atoms with van der Waals surface area (Å²) in [5.74, 6) is 0. The average molecular weight is 303 g/mol. The van der Waals surface area contributed by atoms with Gasteiger partial charge >= 0.3 is 0 Å². The fourth-order valence-electron chi connectivity index (χ4n) is 2.78. The molecule has 20 heavy (non-hydrogen) atoms. The molecule has 0 spiro atoms. The molecule has 4 rings (SSSR count). The van der Waals surface area contributed by atoms with Gasteiger partial charge in [0, 0.05) is 12.6 Å². The minimum absolute atomic E-state index is 0.367. The van der Waals surface area contributed by atoms with E-state index in [-0.39, 0.29) is 0 Å². The first-order valence-corrected chi connectivity index (χ1v) is 8.46. The standard InChI is InChI=1S/C15H17N3S2/c19-15(16-10-7-8-10)18-9-3-5-12(18)14-17-11-4-1-2-6-13(11)20-14/h1-2,4,6,10,12H,3,5,7-9H2,(H,16,19)/t12-/m0/s1. The minimum Gasteiger partial charge on any atom is -0.360 e. The summed E-state index contributed by atoms with van der Waals surface area (Å²) in [6, 6.07) is 9.37. The lowest BCUT2D eigenvalue weighted by Crippen LogP contribution is -2.40. The van der Waals surface area contributed by atoms with Crippen LogP contribution in [0.2, 0.25) is 0 Å². The summed E-state index contributed by atoms with van der Waals surface area (Å²) in [5, 5.41) is 5.60. The summed E-state index contributed by atoms with van der Waals surface area (Å²) in [6.45, 7) is 1.05. The number of hydrogen-bond acceptors (Lipinski definition) is 3. The molecule has 1 aromatic heterocycles. The molecule has 0 amide bonds. The SMILES string of the molecule is S=C(NC1CC1)N1CCC[C@H]1c1nc2ccccc2s1. The van der Waals surface area contributed by atoms with Gasteiger partial charge in [-0.05, 0) is 50.0 Å². The summed E-state index contributed by atoms with van der Waals surface area (Å²) in [7, 11) is 0. The zero-order valence-corrected chi connectivity index (χ0v) is 12.8. The maximum Gasteiger partial charge on any atom is 0.169 e. The van der Waals surface area contributed by atoms with Gasteiger partial charge in [0.2, 0.25) is 0 Å². The molecule has 0 radical (unpaired) electrons. The predicted octanol–water partition coefficient (Wildman–Crippen LogP) is 3.47. The van der Waals surface area contributed by atoms with E-state index in [1.165, 1.54) is 29.0 Å². The van der Waals surface area contributed by atoms with Crippen molar-refractivity contribution in [2.45, 2.75) is 37.8 Å². The van der Waals surface area contributed by atoms with Gasteiger partial charge in [-0.2, -0.15) is 0 Å². The summed E-state index contributed by atoms with van der Waals surface area (Å²) in [5.41, 5.74) is 1.11. The molecule has 5 heteroatoms. The second kappa shape index (κ2) is 4.97. The van der Waals surface area contributed by atoms with E-state index in [1.807, 2.05) is 11.3 Å². The van der Waals surface area contributed by atoms with E-state index in [9.17, 15) is 0 Å². The molecule has 2 aromatic rings. The van der Waals surface area contributed by atoms with Crippen LogP contribution in [0, 0.1) is 0 Å². The van der Waals surface area contributed by atoms with Crippen molar-refractivity contribution in [1.82, 2.24) is 15.2 Å². The van der Waals surface area contributed by atoms with Gasteiger partial charge < -0.3 is 10.2 Å². The smallest absolute Gasteiger partial charge is 0.169 e. The Balaban J connectivity index is 1.60. The van der Waals surface area contributed by atoms with E-state index < -0.39 is 0 Å². The molecule has 1 saturated heterocycles. The predicted molar refractivity (Wildman–Crippen MR) is 87.1 cm³/mol. The zero-order chi connectivity index (χ0) is 13.5. The van der Waals surface area contributed by atoms with E-state index in [2.05, 4.69) is 34.5 Å². The second-order valence-corrected chi connectivity index (χ2v) is 7.04. The lowest BCUT2D eigenvalue weighted by atomic mass is 10.2. The van der Waals surface area contributed by atoms with Gasteiger partial charge in [0.1, 0.15) is 5.01 Å². The van der Waals surface area contributed by atoms with Crippen LogP contribution in [-0.4, -0.2) is 27.6 Å². The van der Waals surface area contributed by atoms with Gasteiger partial charge in [0.15, 0.2) is 5.11 Å². The molecule has 1 aliphatic carbocycles. The lowest BCUT2D eigenvalue weighted by Gasteiger charge is -2.26. The van der Waals surface area contributed by atoms with Crippen LogP contribution >= 0.6 is 23.6 Å². The lowest BCUT2D eigenvalue weighted by molar-refractivity contribution is 0.392. The first-order valence-electron chi connectivity index (χ1n) is 7.24. The van der Waals surface area contributed by atoms with Gasteiger partial charge in [-0.1, -0.05) is 12.1 Å². The molecule has 0 unspecified atom stereocenters. The van der Waals surface area contributed by atoms with Gasteiger partial charge in [-0.15, -0.1) is 11.3 Å². The molecular formula is C15H17N3S2. The molecule has 2 heterocycles. The number of fused-ring (bicyclic) bond motifs is 1. The van der Waals surface area contributed by atoms with Crippen LogP contribution in [-0.2, 0) is 0 Å². The molecule has 2 aliphatic rings. The maximum absolute atomic E-state index is 5.58. The van der Waals surface area contributed by atoms with Crippen LogP contribution in [0.5, 0.6) is 0 Å². The minimum atomic E-state index is 0.367. The van der Waals surface area contributed by atoms with Crippen LogP contribution in [0.3, 0.4) is 0 Å². The Morgan fingerprint density at radius 2 is 2.15 bits per heavy atom. The number of benzene rings is 1. The molecule has 1 aliphatic heterocycles. The van der Waals surface area contributed by atoms with Crippen LogP contribution in [0.15, 0.2) is 24.3 Å². The Hall–Kier alpha value is -1.20. The number of thiazole rings is 1. The van der Waals surface area contributed by atoms with E-state index in [0.717, 1.165) is 23.6 Å². The highest BCUT2D eigenvalue weighted by Crippen LogP contribution is 2.36. The van der Waals surface area contributed by atoms with Gasteiger partial charge in [-0.25, -0.2) is 4.98 Å². The molecule has 1 N–H and O–H groups in total. The fraction of sp³-hybridized carbons (Fsp3) is 0.467. The molecular weight excluding hydrogens is 286 g/mol. The molecule has 1 aromatic carbocycles. The van der Waals surface area contributed by atoms with Gasteiger partial charge in [0.05, 0.1) is 16.3 Å². The van der Waals surface area contributed by atoms with E-state index >= 15 is 0 Å². The number of likely N-dealkylation sites (tertiary alicyclic amines) is 1. The average Bonchev–Trinajstić information content (AvgIpc) is 3.00. The molecule has 104 valence electrons. The van der Waals surface area contributed by atoms with Crippen molar-refractivity contribution in [2.75, 3.05) is 6.54 Å². The highest BCUT2D eigenvalue weighted by atomic mass is 32.1. The van der Waals surface area contributed by atoms with E-state index in [1.54, 1.807) is 0 Å². The summed E-state index contributed by atoms with van der Waals surface area (Å²) >= 11 is 7.39. The Labute approximate surface area is 128 Å². The number of para-hydroxylation sites is 1. The Bertz CT molecular complexity index is 614. The Morgan fingerprint density at radius 1 is 1.30 bits per heavy atom. The fourth-order valence-corrected chi connectivity index (χ4v) is 4.28. The quantitative estimate of drug-likeness (QED) is 0.860. The third kappa shape index (κ3) is 2.29. The highest BCUT2D eigenvalue weighted by molar-refractivity contribution is 7.80. The molecule has 0 bridgehead atoms. The Morgan fingerprint density at radius 3 is 2.95 bits per heavy atom. The van der Waals surface area contributed by atoms with Crippen molar-refractivity contribution in [3.8, 4) is 0 Å². The zero-order valence-electron chi connectivity index (χ0n) is 11.2.